The molecule has 2 atom stereocenters. The summed E-state index contributed by atoms with van der Waals surface area (Å²) in [5.74, 6) is 5.55. The number of hydrogen-bond acceptors (Lipinski definition) is 8. The summed E-state index contributed by atoms with van der Waals surface area (Å²) >= 11 is 0. The summed E-state index contributed by atoms with van der Waals surface area (Å²) in [7, 11) is -3.78. The van der Waals surface area contributed by atoms with Gasteiger partial charge >= 0.3 is 0 Å². The first-order valence-corrected chi connectivity index (χ1v) is 15.1. The van der Waals surface area contributed by atoms with E-state index < -0.39 is 32.4 Å². The van der Waals surface area contributed by atoms with Gasteiger partial charge in [-0.1, -0.05) is 24.0 Å². The molecule has 2 fully saturated rings. The highest BCUT2D eigenvalue weighted by molar-refractivity contribution is 7.92. The summed E-state index contributed by atoms with van der Waals surface area (Å²) in [5, 5.41) is 15.8. The van der Waals surface area contributed by atoms with Crippen molar-refractivity contribution in [2.75, 3.05) is 26.1 Å². The fourth-order valence-corrected chi connectivity index (χ4v) is 5.41. The zero-order valence-electron chi connectivity index (χ0n) is 22.6. The molecule has 1 unspecified atom stereocenters. The van der Waals surface area contributed by atoms with Gasteiger partial charge in [0.15, 0.2) is 20.9 Å². The summed E-state index contributed by atoms with van der Waals surface area (Å²) in [6, 6.07) is 13.1. The Labute approximate surface area is 233 Å². The van der Waals surface area contributed by atoms with Crippen LogP contribution < -0.4 is 5.48 Å². The van der Waals surface area contributed by atoms with E-state index in [0.717, 1.165) is 46.7 Å². The van der Waals surface area contributed by atoms with Crippen LogP contribution in [0.1, 0.15) is 49.3 Å². The first-order chi connectivity index (χ1) is 19.1. The van der Waals surface area contributed by atoms with Crippen LogP contribution in [0.3, 0.4) is 0 Å². The van der Waals surface area contributed by atoms with E-state index in [4.69, 9.17) is 14.3 Å². The van der Waals surface area contributed by atoms with Crippen LogP contribution in [0.4, 0.5) is 0 Å². The van der Waals surface area contributed by atoms with Gasteiger partial charge in [0.2, 0.25) is 0 Å². The number of aromatic nitrogens is 2. The van der Waals surface area contributed by atoms with Crippen molar-refractivity contribution in [1.29, 1.82) is 0 Å². The van der Waals surface area contributed by atoms with E-state index in [0.29, 0.717) is 26.2 Å². The maximum absolute atomic E-state index is 12.9. The second-order valence-electron chi connectivity index (χ2n) is 10.6. The monoisotopic (exact) mass is 567 g/mol. The molecule has 0 aliphatic carbocycles. The van der Waals surface area contributed by atoms with Gasteiger partial charge in [0, 0.05) is 48.5 Å². The van der Waals surface area contributed by atoms with Crippen LogP contribution in [-0.4, -0.2) is 66.3 Å². The lowest BCUT2D eigenvalue weighted by Gasteiger charge is -2.36. The van der Waals surface area contributed by atoms with Gasteiger partial charge in [-0.2, -0.15) is 5.10 Å². The lowest BCUT2D eigenvalue weighted by atomic mass is 9.91. The van der Waals surface area contributed by atoms with E-state index in [1.54, 1.807) is 4.68 Å². The van der Waals surface area contributed by atoms with Gasteiger partial charge in [-0.25, -0.2) is 18.7 Å². The van der Waals surface area contributed by atoms with Crippen LogP contribution in [0.15, 0.2) is 48.7 Å². The molecule has 2 aliphatic heterocycles. The number of ether oxygens (including phenoxy) is 2. The Hall–Kier alpha value is -3.27. The number of fused-ring (bicyclic) bond motifs is 1. The maximum atomic E-state index is 12.9. The zero-order valence-corrected chi connectivity index (χ0v) is 23.4. The number of hydroxylamine groups is 1. The fourth-order valence-electron chi connectivity index (χ4n) is 4.57. The highest BCUT2D eigenvalue weighted by Crippen LogP contribution is 2.29. The molecule has 1 amide bonds. The van der Waals surface area contributed by atoms with Crippen LogP contribution in [0.2, 0.25) is 0 Å². The number of sulfone groups is 1. The SMILES string of the molecule is C[C@](CCn1cc2cc(C#Cc3ccc(C4(O)COC4)cc3)ccc2n1)(C(=O)NOC1CCCCO1)S(C)(=O)=O. The van der Waals surface area contributed by atoms with E-state index >= 15 is 0 Å². The number of aryl methyl sites for hydroxylation is 1. The summed E-state index contributed by atoms with van der Waals surface area (Å²) in [6.07, 6.45) is 4.76. The zero-order chi connectivity index (χ0) is 28.4. The van der Waals surface area contributed by atoms with Gasteiger partial charge in [-0.15, -0.1) is 0 Å². The molecular weight excluding hydrogens is 534 g/mol. The van der Waals surface area contributed by atoms with E-state index in [2.05, 4.69) is 22.4 Å². The summed E-state index contributed by atoms with van der Waals surface area (Å²) < 4.78 is 35.8. The summed E-state index contributed by atoms with van der Waals surface area (Å²) in [4.78, 5) is 18.3. The fraction of sp³-hybridized carbons (Fsp3) is 0.448. The van der Waals surface area contributed by atoms with Gasteiger partial charge < -0.3 is 14.6 Å². The van der Waals surface area contributed by atoms with Crippen molar-refractivity contribution in [1.82, 2.24) is 15.3 Å². The Morgan fingerprint density at radius 2 is 1.93 bits per heavy atom. The number of nitrogens with zero attached hydrogens (tertiary/aromatic N) is 2. The van der Waals surface area contributed by atoms with Gasteiger partial charge in [-0.3, -0.25) is 9.48 Å². The second-order valence-corrected chi connectivity index (χ2v) is 13.1. The topological polar surface area (TPSA) is 129 Å². The van der Waals surface area contributed by atoms with Crippen molar-refractivity contribution >= 4 is 26.6 Å². The number of nitrogens with one attached hydrogen (secondary N) is 1. The van der Waals surface area contributed by atoms with Gasteiger partial charge in [0.25, 0.3) is 5.91 Å². The van der Waals surface area contributed by atoms with Crippen LogP contribution in [0.25, 0.3) is 10.9 Å². The Kier molecular flexibility index (Phi) is 7.99. The van der Waals surface area contributed by atoms with Crippen molar-refractivity contribution in [2.45, 2.75) is 55.8 Å². The number of rotatable bonds is 8. The third-order valence-electron chi connectivity index (χ3n) is 7.54. The maximum Gasteiger partial charge on any atom is 0.264 e. The molecule has 0 saturated carbocycles. The number of carbonyl (C=O) groups is 1. The van der Waals surface area contributed by atoms with Crippen molar-refractivity contribution in [3.8, 4) is 11.8 Å². The number of aliphatic hydroxyl groups is 1. The molecule has 0 bridgehead atoms. The molecule has 11 heteroatoms. The minimum absolute atomic E-state index is 0.00441. The van der Waals surface area contributed by atoms with E-state index in [1.165, 1.54) is 6.92 Å². The second kappa shape index (κ2) is 11.3. The van der Waals surface area contributed by atoms with Crippen LogP contribution >= 0.6 is 0 Å². The van der Waals surface area contributed by atoms with Crippen LogP contribution in [0, 0.1) is 11.8 Å². The van der Waals surface area contributed by atoms with Crippen molar-refractivity contribution in [3.63, 3.8) is 0 Å². The minimum atomic E-state index is -3.78. The molecule has 5 rings (SSSR count). The average Bonchev–Trinajstić information content (AvgIpc) is 3.34. The molecule has 0 radical (unpaired) electrons. The van der Waals surface area contributed by atoms with Gasteiger partial charge in [0.1, 0.15) is 5.60 Å². The van der Waals surface area contributed by atoms with E-state index in [1.807, 2.05) is 48.7 Å². The summed E-state index contributed by atoms with van der Waals surface area (Å²) in [6.45, 7) is 2.74. The number of benzene rings is 2. The molecule has 1 aromatic heterocycles. The smallest absolute Gasteiger partial charge is 0.264 e. The Balaban J connectivity index is 1.24. The molecule has 2 aromatic carbocycles. The Bertz CT molecular complexity index is 1550. The molecule has 2 N–H and O–H groups in total. The molecule has 0 spiro atoms. The third kappa shape index (κ3) is 6.06. The first-order valence-electron chi connectivity index (χ1n) is 13.2. The highest BCUT2D eigenvalue weighted by atomic mass is 32.2. The Morgan fingerprint density at radius 1 is 1.20 bits per heavy atom. The molecule has 2 aliphatic rings. The largest absolute Gasteiger partial charge is 0.380 e. The predicted octanol–water partition coefficient (Wildman–Crippen LogP) is 2.42. The number of carbonyl (C=O) groups excluding carboxylic acids is 1. The highest BCUT2D eigenvalue weighted by Gasteiger charge is 2.44. The van der Waals surface area contributed by atoms with Crippen molar-refractivity contribution in [3.05, 3.63) is 65.4 Å². The molecule has 40 heavy (non-hydrogen) atoms. The molecular formula is C29H33N3O7S. The van der Waals surface area contributed by atoms with Crippen molar-refractivity contribution in [2.24, 2.45) is 0 Å². The first kappa shape index (κ1) is 28.3. The molecule has 10 nitrogen and oxygen atoms in total. The normalized spacial score (nSPS) is 20.1. The standard InChI is InChI=1S/C29H33N3O7S/c1-28(40(2,35)36,27(33)31-39-26-5-3-4-16-38-26)14-15-32-18-23-17-22(10-13-25(23)30-32)7-6-21-8-11-24(12-9-21)29(34)19-37-20-29/h8-13,17-18,26,34H,3-5,14-16,19-20H2,1-2H3,(H,31,33)/t26?,28-/m0/s1. The van der Waals surface area contributed by atoms with Gasteiger partial charge in [0.05, 0.1) is 18.7 Å². The van der Waals surface area contributed by atoms with Crippen LogP contribution in [-0.2, 0) is 41.1 Å². The molecule has 3 aromatic rings. The summed E-state index contributed by atoms with van der Waals surface area (Å²) in [5.41, 5.74) is 4.56. The number of amides is 1. The minimum Gasteiger partial charge on any atom is -0.380 e. The molecule has 212 valence electrons. The molecule has 2 saturated heterocycles. The quantitative estimate of drug-likeness (QED) is 0.314. The molecule has 3 heterocycles. The van der Waals surface area contributed by atoms with Crippen molar-refractivity contribution < 1.29 is 32.6 Å². The lowest BCUT2D eigenvalue weighted by molar-refractivity contribution is -0.201. The van der Waals surface area contributed by atoms with E-state index in [9.17, 15) is 18.3 Å². The lowest BCUT2D eigenvalue weighted by Crippen LogP contribution is -2.51. The number of hydrogen-bond donors (Lipinski definition) is 2. The van der Waals surface area contributed by atoms with Gasteiger partial charge in [-0.05, 0) is 62.1 Å². The average molecular weight is 568 g/mol. The third-order valence-corrected chi connectivity index (χ3v) is 9.57. The Morgan fingerprint density at radius 3 is 2.58 bits per heavy atom. The van der Waals surface area contributed by atoms with E-state index in [-0.39, 0.29) is 13.0 Å². The van der Waals surface area contributed by atoms with Crippen LogP contribution in [0.5, 0.6) is 0 Å². The predicted molar refractivity (Wildman–Crippen MR) is 148 cm³/mol.